The van der Waals surface area contributed by atoms with Crippen molar-refractivity contribution < 1.29 is 4.58 Å². The molecule has 0 aromatic heterocycles. The lowest BCUT2D eigenvalue weighted by molar-refractivity contribution is -0.546. The van der Waals surface area contributed by atoms with Crippen LogP contribution in [-0.4, -0.2) is 43.0 Å². The van der Waals surface area contributed by atoms with Gasteiger partial charge < -0.3 is 5.73 Å². The molecule has 5 nitrogen and oxygen atoms in total. The number of nitrogens with one attached hydrogen (secondary N) is 3. The Hall–Kier alpha value is -0.490. The lowest BCUT2D eigenvalue weighted by Crippen LogP contribution is -2.66. The quantitative estimate of drug-likeness (QED) is 0.290. The number of nitrogens with two attached hydrogens (primary N) is 1. The van der Waals surface area contributed by atoms with Crippen LogP contribution in [0.4, 0.5) is 0 Å². The molecule has 0 bridgehead atoms. The van der Waals surface area contributed by atoms with Gasteiger partial charge in [-0.05, 0) is 0 Å². The monoisotopic (exact) mass is 156 g/mol. The van der Waals surface area contributed by atoms with Gasteiger partial charge in [0.2, 0.25) is 6.17 Å². The lowest BCUT2D eigenvalue weighted by atomic mass is 10.1. The van der Waals surface area contributed by atoms with E-state index in [0.717, 1.165) is 13.3 Å². The van der Waals surface area contributed by atoms with E-state index in [-0.39, 0.29) is 18.4 Å². The highest BCUT2D eigenvalue weighted by Gasteiger charge is 2.42. The molecule has 2 aliphatic rings. The van der Waals surface area contributed by atoms with Gasteiger partial charge in [0.25, 0.3) is 0 Å². The Balaban J connectivity index is 2.12. The highest BCUT2D eigenvalue weighted by Crippen LogP contribution is 2.06. The Morgan fingerprint density at radius 1 is 1.36 bits per heavy atom. The molecule has 2 saturated heterocycles. The summed E-state index contributed by atoms with van der Waals surface area (Å²) in [6.07, 6.45) is 0.319. The zero-order chi connectivity index (χ0) is 7.84. The summed E-state index contributed by atoms with van der Waals surface area (Å²) in [5.41, 5.74) is 5.81. The number of rotatable bonds is 0. The fraction of sp³-hybridized carbons (Fsp3) is 0.833. The summed E-state index contributed by atoms with van der Waals surface area (Å²) >= 11 is 0. The number of fused-ring (bicyclic) bond motifs is 1. The number of nitrogens with zero attached hydrogens (tertiary/aromatic N) is 1. The first-order chi connectivity index (χ1) is 5.29. The van der Waals surface area contributed by atoms with Gasteiger partial charge in [-0.25, -0.2) is 15.2 Å². The second-order valence-electron chi connectivity index (χ2n) is 3.03. The molecule has 62 valence electrons. The van der Waals surface area contributed by atoms with Crippen molar-refractivity contribution >= 4 is 6.72 Å². The SMILES string of the molecule is C=[N+]1CNC2C(N)NCNC21. The van der Waals surface area contributed by atoms with Crippen LogP contribution < -0.4 is 21.7 Å². The highest BCUT2D eigenvalue weighted by atomic mass is 15.4. The van der Waals surface area contributed by atoms with E-state index < -0.39 is 0 Å². The summed E-state index contributed by atoms with van der Waals surface area (Å²) < 4.78 is 1.98. The van der Waals surface area contributed by atoms with Crippen molar-refractivity contribution in [2.24, 2.45) is 5.73 Å². The van der Waals surface area contributed by atoms with Gasteiger partial charge in [0, 0.05) is 0 Å². The normalized spacial score (nSPS) is 44.1. The molecule has 5 heteroatoms. The molecule has 0 spiro atoms. The van der Waals surface area contributed by atoms with Gasteiger partial charge in [-0.1, -0.05) is 0 Å². The molecular weight excluding hydrogens is 142 g/mol. The third-order valence-electron chi connectivity index (χ3n) is 2.30. The predicted octanol–water partition coefficient (Wildman–Crippen LogP) is -2.61. The number of hydrogen-bond donors (Lipinski definition) is 4. The number of hydrogen-bond acceptors (Lipinski definition) is 4. The van der Waals surface area contributed by atoms with Gasteiger partial charge in [-0.3, -0.25) is 5.32 Å². The average Bonchev–Trinajstić information content (AvgIpc) is 2.35. The van der Waals surface area contributed by atoms with E-state index in [0.29, 0.717) is 0 Å². The van der Waals surface area contributed by atoms with Gasteiger partial charge in [-0.2, -0.15) is 0 Å². The van der Waals surface area contributed by atoms with E-state index in [1.54, 1.807) is 0 Å². The second-order valence-corrected chi connectivity index (χ2v) is 3.03. The maximum absolute atomic E-state index is 5.81. The van der Waals surface area contributed by atoms with E-state index in [9.17, 15) is 0 Å². The maximum atomic E-state index is 5.81. The molecule has 5 N–H and O–H groups in total. The van der Waals surface area contributed by atoms with Crippen LogP contribution in [0.3, 0.4) is 0 Å². The van der Waals surface area contributed by atoms with Gasteiger partial charge in [0.1, 0.15) is 12.8 Å². The standard InChI is InChI=1S/C6H14N5/c1-11-3-10-4-5(7)8-2-9-6(4)11/h4-6,8-10H,1-3,7H2/q+1. The minimum Gasteiger partial charge on any atom is -0.314 e. The lowest BCUT2D eigenvalue weighted by Gasteiger charge is -2.28. The maximum Gasteiger partial charge on any atom is 0.226 e. The molecule has 11 heavy (non-hydrogen) atoms. The molecule has 0 aromatic carbocycles. The molecule has 0 radical (unpaired) electrons. The van der Waals surface area contributed by atoms with Crippen LogP contribution in [0.15, 0.2) is 0 Å². The zero-order valence-corrected chi connectivity index (χ0v) is 6.38. The summed E-state index contributed by atoms with van der Waals surface area (Å²) in [7, 11) is 0. The van der Waals surface area contributed by atoms with Crippen LogP contribution in [0.25, 0.3) is 0 Å². The largest absolute Gasteiger partial charge is 0.314 e. The van der Waals surface area contributed by atoms with Gasteiger partial charge >= 0.3 is 0 Å². The van der Waals surface area contributed by atoms with E-state index in [2.05, 4.69) is 22.7 Å². The van der Waals surface area contributed by atoms with Gasteiger partial charge in [0.05, 0.1) is 12.8 Å². The highest BCUT2D eigenvalue weighted by molar-refractivity contribution is 5.16. The predicted molar refractivity (Wildman–Crippen MR) is 42.1 cm³/mol. The first kappa shape index (κ1) is 7.17. The average molecular weight is 156 g/mol. The van der Waals surface area contributed by atoms with Crippen LogP contribution in [0, 0.1) is 0 Å². The molecule has 0 amide bonds. The van der Waals surface area contributed by atoms with E-state index >= 15 is 0 Å². The zero-order valence-electron chi connectivity index (χ0n) is 6.38. The van der Waals surface area contributed by atoms with Crippen molar-refractivity contribution in [3.63, 3.8) is 0 Å². The molecule has 3 atom stereocenters. The van der Waals surface area contributed by atoms with E-state index in [4.69, 9.17) is 5.73 Å². The first-order valence-electron chi connectivity index (χ1n) is 3.82. The topological polar surface area (TPSA) is 65.1 Å². The van der Waals surface area contributed by atoms with Gasteiger partial charge in [0.15, 0.2) is 6.67 Å². The van der Waals surface area contributed by atoms with Crippen LogP contribution in [0.1, 0.15) is 0 Å². The first-order valence-corrected chi connectivity index (χ1v) is 3.82. The van der Waals surface area contributed by atoms with E-state index in [1.807, 2.05) is 4.58 Å². The molecule has 0 aromatic rings. The Kier molecular flexibility index (Phi) is 1.65. The molecule has 2 heterocycles. The third-order valence-corrected chi connectivity index (χ3v) is 2.30. The molecule has 0 saturated carbocycles. The smallest absolute Gasteiger partial charge is 0.226 e. The molecular formula is C6H14N5+. The fourth-order valence-corrected chi connectivity index (χ4v) is 1.65. The summed E-state index contributed by atoms with van der Waals surface area (Å²) in [4.78, 5) is 0. The van der Waals surface area contributed by atoms with Crippen LogP contribution in [-0.2, 0) is 0 Å². The molecule has 0 aliphatic carbocycles. The van der Waals surface area contributed by atoms with Crippen molar-refractivity contribution in [3.05, 3.63) is 0 Å². The third kappa shape index (κ3) is 1.06. The minimum absolute atomic E-state index is 0.0352. The van der Waals surface area contributed by atoms with Crippen molar-refractivity contribution in [2.45, 2.75) is 18.4 Å². The summed E-state index contributed by atoms with van der Waals surface area (Å²) in [5.74, 6) is 0. The van der Waals surface area contributed by atoms with Crippen LogP contribution in [0.2, 0.25) is 0 Å². The Morgan fingerprint density at radius 2 is 2.18 bits per heavy atom. The van der Waals surface area contributed by atoms with Crippen molar-refractivity contribution in [2.75, 3.05) is 13.3 Å². The van der Waals surface area contributed by atoms with Crippen molar-refractivity contribution in [3.8, 4) is 0 Å². The Bertz CT molecular complexity index is 180. The van der Waals surface area contributed by atoms with E-state index in [1.165, 1.54) is 0 Å². The summed E-state index contributed by atoms with van der Waals surface area (Å²) in [6.45, 7) is 5.44. The molecule has 2 fully saturated rings. The molecule has 3 unspecified atom stereocenters. The Labute approximate surface area is 65.6 Å². The fourth-order valence-electron chi connectivity index (χ4n) is 1.65. The van der Waals surface area contributed by atoms with Gasteiger partial charge in [-0.15, -0.1) is 0 Å². The van der Waals surface area contributed by atoms with Crippen molar-refractivity contribution in [1.82, 2.24) is 16.0 Å². The van der Waals surface area contributed by atoms with Crippen LogP contribution in [0.5, 0.6) is 0 Å². The minimum atomic E-state index is 0.0352. The second kappa shape index (κ2) is 2.53. The molecule has 2 aliphatic heterocycles. The molecule has 2 rings (SSSR count). The summed E-state index contributed by atoms with van der Waals surface area (Å²) in [6, 6.07) is 0.279. The Morgan fingerprint density at radius 3 is 2.91 bits per heavy atom. The van der Waals surface area contributed by atoms with Crippen molar-refractivity contribution in [1.29, 1.82) is 0 Å². The summed E-state index contributed by atoms with van der Waals surface area (Å²) in [5, 5.41) is 9.67. The van der Waals surface area contributed by atoms with Crippen LogP contribution >= 0.6 is 0 Å².